The number of phenols is 1. The number of aryl methyl sites for hydroxylation is 2. The minimum atomic E-state index is -0.0796. The first kappa shape index (κ1) is 23.4. The Balaban J connectivity index is 2.00. The largest absolute Gasteiger partial charge is 0.508 e. The van der Waals surface area contributed by atoms with Crippen molar-refractivity contribution in [2.75, 3.05) is 26.2 Å². The van der Waals surface area contributed by atoms with Crippen LogP contribution in [-0.2, 0) is 11.2 Å². The number of nitrogens with zero attached hydrogens (tertiary/aromatic N) is 1. The van der Waals surface area contributed by atoms with E-state index in [0.29, 0.717) is 6.61 Å². The second-order valence-electron chi connectivity index (χ2n) is 7.20. The lowest BCUT2D eigenvalue weighted by Gasteiger charge is -2.18. The summed E-state index contributed by atoms with van der Waals surface area (Å²) in [5.41, 5.74) is 4.01. The molecule has 2 aromatic rings. The third kappa shape index (κ3) is 7.20. The standard InChI is InChI=1S/C26H33NO3/c1-5-21-19-26(30-17-16-27(6-2)7-3)15-11-23(21)10-13-24(28)12-8-22-9-14-25(29)18-20(22)4/h8-15,18-19,29H,5-7,16-17H2,1-4H3/b12-8+,13-10+. The molecule has 0 saturated carbocycles. The molecule has 160 valence electrons. The van der Waals surface area contributed by atoms with Crippen molar-refractivity contribution >= 4 is 17.9 Å². The lowest BCUT2D eigenvalue weighted by molar-refractivity contribution is -0.110. The number of carbonyl (C=O) groups excluding carboxylic acids is 1. The zero-order valence-corrected chi connectivity index (χ0v) is 18.5. The van der Waals surface area contributed by atoms with E-state index in [1.807, 2.05) is 25.1 Å². The first-order chi connectivity index (χ1) is 14.5. The van der Waals surface area contributed by atoms with Crippen molar-refractivity contribution < 1.29 is 14.6 Å². The van der Waals surface area contributed by atoms with Gasteiger partial charge in [-0.25, -0.2) is 0 Å². The molecule has 0 bridgehead atoms. The zero-order chi connectivity index (χ0) is 21.9. The molecular weight excluding hydrogens is 374 g/mol. The summed E-state index contributed by atoms with van der Waals surface area (Å²) in [7, 11) is 0. The smallest absolute Gasteiger partial charge is 0.178 e. The van der Waals surface area contributed by atoms with E-state index in [1.54, 1.807) is 36.4 Å². The molecule has 0 atom stereocenters. The van der Waals surface area contributed by atoms with Gasteiger partial charge in [0.15, 0.2) is 5.78 Å². The van der Waals surface area contributed by atoms with Crippen molar-refractivity contribution in [3.63, 3.8) is 0 Å². The number of phenolic OH excluding ortho intramolecular Hbond substituents is 1. The normalized spacial score (nSPS) is 11.6. The molecule has 4 nitrogen and oxygen atoms in total. The van der Waals surface area contributed by atoms with Gasteiger partial charge in [0.1, 0.15) is 18.1 Å². The van der Waals surface area contributed by atoms with Crippen molar-refractivity contribution in [3.8, 4) is 11.5 Å². The van der Waals surface area contributed by atoms with Gasteiger partial charge in [-0.2, -0.15) is 0 Å². The highest BCUT2D eigenvalue weighted by Crippen LogP contribution is 2.20. The Labute approximate surface area is 180 Å². The van der Waals surface area contributed by atoms with Crippen LogP contribution < -0.4 is 4.74 Å². The fourth-order valence-corrected chi connectivity index (χ4v) is 3.22. The van der Waals surface area contributed by atoms with Crippen LogP contribution in [-0.4, -0.2) is 42.0 Å². The van der Waals surface area contributed by atoms with E-state index in [1.165, 1.54) is 0 Å². The summed E-state index contributed by atoms with van der Waals surface area (Å²) in [6, 6.07) is 11.1. The highest BCUT2D eigenvalue weighted by atomic mass is 16.5. The number of hydrogen-bond donors (Lipinski definition) is 1. The Bertz CT molecular complexity index is 895. The molecule has 0 spiro atoms. The number of hydrogen-bond acceptors (Lipinski definition) is 4. The molecule has 0 aliphatic heterocycles. The fourth-order valence-electron chi connectivity index (χ4n) is 3.22. The predicted molar refractivity (Wildman–Crippen MR) is 125 cm³/mol. The van der Waals surface area contributed by atoms with Crippen LogP contribution >= 0.6 is 0 Å². The Hall–Kier alpha value is -2.85. The Morgan fingerprint density at radius 1 is 1.00 bits per heavy atom. The van der Waals surface area contributed by atoms with Crippen molar-refractivity contribution in [3.05, 3.63) is 70.8 Å². The van der Waals surface area contributed by atoms with Gasteiger partial charge in [-0.15, -0.1) is 0 Å². The Morgan fingerprint density at radius 3 is 2.30 bits per heavy atom. The fraction of sp³-hybridized carbons (Fsp3) is 0.346. The maximum Gasteiger partial charge on any atom is 0.178 e. The Morgan fingerprint density at radius 2 is 1.67 bits per heavy atom. The van der Waals surface area contributed by atoms with Gasteiger partial charge in [0.2, 0.25) is 0 Å². The summed E-state index contributed by atoms with van der Waals surface area (Å²) in [6.45, 7) is 11.9. The number of ether oxygens (including phenoxy) is 1. The average Bonchev–Trinajstić information content (AvgIpc) is 2.75. The van der Waals surface area contributed by atoms with Crippen LogP contribution in [0.2, 0.25) is 0 Å². The molecule has 0 saturated heterocycles. The van der Waals surface area contributed by atoms with E-state index >= 15 is 0 Å². The highest BCUT2D eigenvalue weighted by Gasteiger charge is 2.04. The molecule has 0 heterocycles. The lowest BCUT2D eigenvalue weighted by Crippen LogP contribution is -2.27. The molecule has 1 N–H and O–H groups in total. The van der Waals surface area contributed by atoms with Gasteiger partial charge in [-0.1, -0.05) is 45.1 Å². The second kappa shape index (κ2) is 12.0. The van der Waals surface area contributed by atoms with Crippen molar-refractivity contribution in [1.82, 2.24) is 4.90 Å². The molecule has 2 rings (SSSR count). The van der Waals surface area contributed by atoms with Gasteiger partial charge in [0.05, 0.1) is 0 Å². The molecule has 0 aliphatic carbocycles. The number of benzene rings is 2. The summed E-state index contributed by atoms with van der Waals surface area (Å²) in [5.74, 6) is 1.01. The van der Waals surface area contributed by atoms with Crippen LogP contribution in [0.3, 0.4) is 0 Å². The molecule has 0 radical (unpaired) electrons. The van der Waals surface area contributed by atoms with E-state index in [9.17, 15) is 9.90 Å². The minimum absolute atomic E-state index is 0.0796. The van der Waals surface area contributed by atoms with E-state index in [-0.39, 0.29) is 11.5 Å². The third-order valence-corrected chi connectivity index (χ3v) is 5.17. The number of ketones is 1. The number of aromatic hydroxyl groups is 1. The topological polar surface area (TPSA) is 49.8 Å². The molecule has 0 aromatic heterocycles. The molecule has 4 heteroatoms. The van der Waals surface area contributed by atoms with Crippen LogP contribution in [0.1, 0.15) is 43.0 Å². The second-order valence-corrected chi connectivity index (χ2v) is 7.20. The van der Waals surface area contributed by atoms with Crippen LogP contribution in [0.25, 0.3) is 12.2 Å². The van der Waals surface area contributed by atoms with Crippen LogP contribution in [0, 0.1) is 6.92 Å². The highest BCUT2D eigenvalue weighted by molar-refractivity contribution is 6.04. The van der Waals surface area contributed by atoms with Crippen LogP contribution in [0.4, 0.5) is 0 Å². The molecule has 0 amide bonds. The Kier molecular flexibility index (Phi) is 9.36. The molecular formula is C26H33NO3. The maximum absolute atomic E-state index is 12.2. The third-order valence-electron chi connectivity index (χ3n) is 5.17. The van der Waals surface area contributed by atoms with Gasteiger partial charge in [-0.3, -0.25) is 4.79 Å². The monoisotopic (exact) mass is 407 g/mol. The van der Waals surface area contributed by atoms with E-state index < -0.39 is 0 Å². The SMILES string of the molecule is CCc1cc(OCCN(CC)CC)ccc1/C=C/C(=O)/C=C/c1ccc(O)cc1C. The van der Waals surface area contributed by atoms with Crippen molar-refractivity contribution in [1.29, 1.82) is 0 Å². The first-order valence-corrected chi connectivity index (χ1v) is 10.6. The number of allylic oxidation sites excluding steroid dienone is 2. The van der Waals surface area contributed by atoms with Gasteiger partial charge in [-0.05, 0) is 85.1 Å². The van der Waals surface area contributed by atoms with E-state index in [0.717, 1.165) is 54.1 Å². The zero-order valence-electron chi connectivity index (χ0n) is 18.5. The van der Waals surface area contributed by atoms with Gasteiger partial charge in [0, 0.05) is 6.54 Å². The van der Waals surface area contributed by atoms with Crippen molar-refractivity contribution in [2.45, 2.75) is 34.1 Å². The molecule has 2 aromatic carbocycles. The van der Waals surface area contributed by atoms with E-state index in [4.69, 9.17) is 4.74 Å². The minimum Gasteiger partial charge on any atom is -0.508 e. The van der Waals surface area contributed by atoms with Gasteiger partial charge < -0.3 is 14.7 Å². The average molecular weight is 408 g/mol. The predicted octanol–water partition coefficient (Wildman–Crippen LogP) is 5.28. The molecule has 0 unspecified atom stereocenters. The summed E-state index contributed by atoms with van der Waals surface area (Å²) in [6.07, 6.45) is 7.63. The van der Waals surface area contributed by atoms with Crippen molar-refractivity contribution in [2.24, 2.45) is 0 Å². The van der Waals surface area contributed by atoms with Crippen LogP contribution in [0.15, 0.2) is 48.6 Å². The van der Waals surface area contributed by atoms with Gasteiger partial charge >= 0.3 is 0 Å². The quantitative estimate of drug-likeness (QED) is 0.515. The van der Waals surface area contributed by atoms with Gasteiger partial charge in [0.25, 0.3) is 0 Å². The lowest BCUT2D eigenvalue weighted by atomic mass is 10.0. The van der Waals surface area contributed by atoms with Crippen LogP contribution in [0.5, 0.6) is 11.5 Å². The maximum atomic E-state index is 12.2. The number of likely N-dealkylation sites (N-methyl/N-ethyl adjacent to an activating group) is 1. The summed E-state index contributed by atoms with van der Waals surface area (Å²) in [4.78, 5) is 14.6. The molecule has 30 heavy (non-hydrogen) atoms. The first-order valence-electron chi connectivity index (χ1n) is 10.6. The summed E-state index contributed by atoms with van der Waals surface area (Å²) < 4.78 is 5.91. The molecule has 0 aliphatic rings. The number of carbonyl (C=O) groups is 1. The summed E-state index contributed by atoms with van der Waals surface area (Å²) in [5, 5.41) is 9.48. The molecule has 0 fully saturated rings. The number of rotatable bonds is 11. The summed E-state index contributed by atoms with van der Waals surface area (Å²) >= 11 is 0. The van der Waals surface area contributed by atoms with E-state index in [2.05, 4.69) is 31.7 Å².